The molecule has 7 heteroatoms. The van der Waals surface area contributed by atoms with Crippen LogP contribution in [-0.4, -0.2) is 36.9 Å². The van der Waals surface area contributed by atoms with Crippen molar-refractivity contribution in [2.24, 2.45) is 5.73 Å². The molecule has 7 nitrogen and oxygen atoms in total. The Kier molecular flexibility index (Phi) is 7.82. The smallest absolute Gasteiger partial charge is 0.335 e. The number of carboxylic acids is 1. The number of amides is 1. The molecule has 0 bridgehead atoms. The molecule has 0 spiro atoms. The van der Waals surface area contributed by atoms with Gasteiger partial charge in [0.1, 0.15) is 0 Å². The van der Waals surface area contributed by atoms with Crippen molar-refractivity contribution in [2.45, 2.75) is 6.92 Å². The Bertz CT molecular complexity index is 1840. The van der Waals surface area contributed by atoms with E-state index in [4.69, 9.17) is 11.5 Å². The fraction of sp³-hybridized carbons (Fsp3) is 0.0833. The molecule has 0 aliphatic heterocycles. The molecule has 0 aromatic heterocycles. The Morgan fingerprint density at radius 3 is 1.53 bits per heavy atom. The summed E-state index contributed by atoms with van der Waals surface area (Å²) in [7, 11) is 3.92. The number of Topliss-reactive ketones (excluding diaryl/α,β-unsaturated/α-hetero) is 1. The number of nitrogens with two attached hydrogens (primary N) is 2. The van der Waals surface area contributed by atoms with Crippen molar-refractivity contribution in [1.82, 2.24) is 0 Å². The van der Waals surface area contributed by atoms with Crippen LogP contribution in [0.4, 0.5) is 11.4 Å². The lowest BCUT2D eigenvalue weighted by molar-refractivity contribution is 0.0696. The number of anilines is 2. The van der Waals surface area contributed by atoms with Gasteiger partial charge in [-0.3, -0.25) is 9.59 Å². The van der Waals surface area contributed by atoms with E-state index in [1.165, 1.54) is 6.92 Å². The van der Waals surface area contributed by atoms with Gasteiger partial charge in [-0.2, -0.15) is 0 Å². The van der Waals surface area contributed by atoms with Crippen LogP contribution < -0.4 is 16.4 Å². The van der Waals surface area contributed by atoms with Crippen molar-refractivity contribution < 1.29 is 19.5 Å². The van der Waals surface area contributed by atoms with E-state index in [0.717, 1.165) is 50.2 Å². The van der Waals surface area contributed by atoms with Crippen molar-refractivity contribution in [2.75, 3.05) is 24.7 Å². The quantitative estimate of drug-likeness (QED) is 0.136. The zero-order valence-electron chi connectivity index (χ0n) is 24.1. The first-order valence-electron chi connectivity index (χ1n) is 13.6. The minimum atomic E-state index is -1.01. The van der Waals surface area contributed by atoms with E-state index in [1.54, 1.807) is 24.3 Å². The molecule has 0 radical (unpaired) electrons. The van der Waals surface area contributed by atoms with Crippen molar-refractivity contribution in [3.05, 3.63) is 120 Å². The van der Waals surface area contributed by atoms with Crippen LogP contribution in [0.2, 0.25) is 0 Å². The van der Waals surface area contributed by atoms with E-state index >= 15 is 0 Å². The van der Waals surface area contributed by atoms with Gasteiger partial charge in [-0.05, 0) is 82.8 Å². The highest BCUT2D eigenvalue weighted by Gasteiger charge is 2.24. The molecule has 5 N–H and O–H groups in total. The average Bonchev–Trinajstić information content (AvgIpc) is 3.00. The number of aromatic carboxylic acids is 1. The van der Waals surface area contributed by atoms with Crippen LogP contribution in [0.25, 0.3) is 44.5 Å². The minimum Gasteiger partial charge on any atom is -0.478 e. The number of benzene rings is 5. The van der Waals surface area contributed by atoms with Gasteiger partial charge >= 0.3 is 5.97 Å². The summed E-state index contributed by atoms with van der Waals surface area (Å²) in [5, 5.41) is 9.58. The molecular weight excluding hydrogens is 538 g/mol. The molecule has 0 aliphatic rings. The first-order valence-corrected chi connectivity index (χ1v) is 13.6. The summed E-state index contributed by atoms with van der Waals surface area (Å²) in [5.74, 6) is -1.55. The first-order chi connectivity index (χ1) is 20.5. The number of ketones is 1. The number of rotatable bonds is 8. The van der Waals surface area contributed by atoms with Crippen LogP contribution in [0, 0.1) is 0 Å². The molecule has 43 heavy (non-hydrogen) atoms. The number of carbonyl (C=O) groups is 3. The largest absolute Gasteiger partial charge is 0.478 e. The van der Waals surface area contributed by atoms with Crippen molar-refractivity contribution >= 4 is 29.0 Å². The molecule has 214 valence electrons. The zero-order chi connectivity index (χ0) is 30.8. The van der Waals surface area contributed by atoms with Crippen molar-refractivity contribution in [3.8, 4) is 44.5 Å². The lowest BCUT2D eigenvalue weighted by Gasteiger charge is -2.28. The van der Waals surface area contributed by atoms with Gasteiger partial charge in [0.25, 0.3) is 0 Å². The van der Waals surface area contributed by atoms with Crippen LogP contribution in [0.5, 0.6) is 0 Å². The molecule has 0 saturated carbocycles. The number of carboxylic acid groups (broad SMARTS) is 1. The fourth-order valence-electron chi connectivity index (χ4n) is 5.29. The van der Waals surface area contributed by atoms with Crippen LogP contribution >= 0.6 is 0 Å². The standard InChI is InChI=1S/C36H31N3O4/c1-21(40)22-4-6-24(7-5-22)31-20-30(23-16-18-29(37)19-17-23)32(25-8-12-27(13-9-25)35(38)41)33(34(31)39(2)3)26-10-14-28(15-11-26)36(42)43/h4-20H,37H2,1-3H3,(H2,38,41)(H,42,43). The number of nitrogen functional groups attached to an aromatic ring is 1. The van der Waals surface area contributed by atoms with Crippen LogP contribution in [-0.2, 0) is 0 Å². The molecule has 0 unspecified atom stereocenters. The van der Waals surface area contributed by atoms with Gasteiger partial charge in [0.2, 0.25) is 5.91 Å². The van der Waals surface area contributed by atoms with Gasteiger partial charge < -0.3 is 21.5 Å². The van der Waals surface area contributed by atoms with Crippen LogP contribution in [0.15, 0.2) is 103 Å². The molecule has 5 rings (SSSR count). The number of carbonyl (C=O) groups excluding carboxylic acids is 2. The van der Waals surface area contributed by atoms with E-state index in [-0.39, 0.29) is 11.3 Å². The summed E-state index contributed by atoms with van der Waals surface area (Å²) in [6, 6.07) is 31.2. The van der Waals surface area contributed by atoms with Gasteiger partial charge in [0.05, 0.1) is 11.3 Å². The summed E-state index contributed by atoms with van der Waals surface area (Å²) in [6.07, 6.45) is 0. The molecule has 0 fully saturated rings. The Morgan fingerprint density at radius 1 is 0.605 bits per heavy atom. The first kappa shape index (κ1) is 28.8. The van der Waals surface area contributed by atoms with Crippen molar-refractivity contribution in [3.63, 3.8) is 0 Å². The number of primary amides is 1. The van der Waals surface area contributed by atoms with Gasteiger partial charge in [-0.25, -0.2) is 4.79 Å². The second kappa shape index (κ2) is 11.7. The molecule has 0 atom stereocenters. The summed E-state index contributed by atoms with van der Waals surface area (Å²) in [5.41, 5.74) is 21.4. The molecule has 5 aromatic carbocycles. The van der Waals surface area contributed by atoms with E-state index in [9.17, 15) is 19.5 Å². The maximum atomic E-state index is 12.0. The van der Waals surface area contributed by atoms with E-state index in [2.05, 4.69) is 6.07 Å². The molecule has 5 aromatic rings. The minimum absolute atomic E-state index is 0.0177. The Labute approximate surface area is 250 Å². The van der Waals surface area contributed by atoms with Crippen LogP contribution in [0.1, 0.15) is 38.0 Å². The third-order valence-corrected chi connectivity index (χ3v) is 7.45. The maximum Gasteiger partial charge on any atom is 0.335 e. The van der Waals surface area contributed by atoms with E-state index in [1.807, 2.05) is 91.8 Å². The Morgan fingerprint density at radius 2 is 1.05 bits per heavy atom. The summed E-state index contributed by atoms with van der Waals surface area (Å²) in [6.45, 7) is 1.54. The highest BCUT2D eigenvalue weighted by atomic mass is 16.4. The number of nitrogens with zero attached hydrogens (tertiary/aromatic N) is 1. The molecule has 0 aliphatic carbocycles. The van der Waals surface area contributed by atoms with Crippen molar-refractivity contribution in [1.29, 1.82) is 0 Å². The summed E-state index contributed by atoms with van der Waals surface area (Å²) in [4.78, 5) is 37.6. The normalized spacial score (nSPS) is 10.8. The SMILES string of the molecule is CC(=O)c1ccc(-c2cc(-c3ccc(N)cc3)c(-c3ccc(C(N)=O)cc3)c(-c3ccc(C(=O)O)cc3)c2N(C)C)cc1. The average molecular weight is 570 g/mol. The highest BCUT2D eigenvalue weighted by Crippen LogP contribution is 2.50. The van der Waals surface area contributed by atoms with Crippen LogP contribution in [0.3, 0.4) is 0 Å². The number of hydrogen-bond acceptors (Lipinski definition) is 5. The summed E-state index contributed by atoms with van der Waals surface area (Å²) < 4.78 is 0. The zero-order valence-corrected chi connectivity index (χ0v) is 24.1. The van der Waals surface area contributed by atoms with Gasteiger partial charge in [-0.1, -0.05) is 60.7 Å². The van der Waals surface area contributed by atoms with E-state index < -0.39 is 11.9 Å². The Balaban J connectivity index is 1.94. The molecule has 1 amide bonds. The maximum absolute atomic E-state index is 12.0. The Hall–Kier alpha value is -5.69. The third kappa shape index (κ3) is 5.74. The fourth-order valence-corrected chi connectivity index (χ4v) is 5.29. The highest BCUT2D eigenvalue weighted by molar-refractivity contribution is 6.07. The second-order valence-electron chi connectivity index (χ2n) is 10.5. The third-order valence-electron chi connectivity index (χ3n) is 7.45. The predicted molar refractivity (Wildman–Crippen MR) is 172 cm³/mol. The van der Waals surface area contributed by atoms with Gasteiger partial charge in [0, 0.05) is 42.0 Å². The topological polar surface area (TPSA) is 127 Å². The van der Waals surface area contributed by atoms with Gasteiger partial charge in [-0.15, -0.1) is 0 Å². The molecule has 0 heterocycles. The lowest BCUT2D eigenvalue weighted by Crippen LogP contribution is -2.13. The monoisotopic (exact) mass is 569 g/mol. The number of hydrogen-bond donors (Lipinski definition) is 3. The van der Waals surface area contributed by atoms with E-state index in [0.29, 0.717) is 16.8 Å². The molecular formula is C36H31N3O4. The van der Waals surface area contributed by atoms with Gasteiger partial charge in [0.15, 0.2) is 5.78 Å². The summed E-state index contributed by atoms with van der Waals surface area (Å²) >= 11 is 0. The second-order valence-corrected chi connectivity index (χ2v) is 10.5. The molecule has 0 saturated heterocycles. The predicted octanol–water partition coefficient (Wildman–Crippen LogP) is 7.00. The lowest BCUT2D eigenvalue weighted by atomic mass is 9.82.